The summed E-state index contributed by atoms with van der Waals surface area (Å²) in [5.41, 5.74) is -2.43. The number of hydrogen-bond donors (Lipinski definition) is 6. The van der Waals surface area contributed by atoms with E-state index in [-0.39, 0.29) is 17.5 Å². The molecule has 6 N–H and O–H groups in total. The topological polar surface area (TPSA) is 173 Å². The molecule has 0 aliphatic rings. The normalized spacial score (nSPS) is 11.3. The molecule has 9 nitrogen and oxygen atoms in total. The Balaban J connectivity index is 2.94. The first-order chi connectivity index (χ1) is 16.2. The highest BCUT2D eigenvalue weighted by molar-refractivity contribution is 6.10. The minimum Gasteiger partial charge on any atom is -0.507 e. The first-order valence-corrected chi connectivity index (χ1v) is 11.4. The Kier molecular flexibility index (Phi) is 8.05. The third-order valence-electron chi connectivity index (χ3n) is 5.93. The largest absolute Gasteiger partial charge is 0.507 e. The van der Waals surface area contributed by atoms with Crippen LogP contribution in [0.3, 0.4) is 0 Å². The van der Waals surface area contributed by atoms with E-state index in [4.69, 9.17) is 0 Å². The standard InChI is InChI=1S/C26H32O9/c1-7-8-15(27)16-22(31)12(6)21(30)13(23(16)32)9-14-24(33)17(19(28)10(2)3)26(35)18(25(14)34)20(29)11(4)5/h10-11,30-35H,7-9H2,1-6H3. The van der Waals surface area contributed by atoms with Crippen LogP contribution < -0.4 is 0 Å². The summed E-state index contributed by atoms with van der Waals surface area (Å²) in [6.45, 7) is 9.12. The fraction of sp³-hybridized carbons (Fsp3) is 0.423. The molecular weight excluding hydrogens is 456 g/mol. The number of Topliss-reactive ketones (excluding diaryl/α,β-unsaturated/α-hetero) is 3. The van der Waals surface area contributed by atoms with Gasteiger partial charge in [0.05, 0.1) is 0 Å². The number of aromatic hydroxyl groups is 6. The minimum absolute atomic E-state index is 0.000557. The molecule has 0 heterocycles. The predicted octanol–water partition coefficient (Wildman–Crippen LogP) is 4.48. The van der Waals surface area contributed by atoms with Crippen molar-refractivity contribution in [3.63, 3.8) is 0 Å². The number of ketones is 3. The zero-order valence-electron chi connectivity index (χ0n) is 20.7. The van der Waals surface area contributed by atoms with Crippen LogP contribution in [0.1, 0.15) is 95.2 Å². The second kappa shape index (κ2) is 10.2. The van der Waals surface area contributed by atoms with Gasteiger partial charge in [0.1, 0.15) is 51.2 Å². The van der Waals surface area contributed by atoms with Gasteiger partial charge in [0.15, 0.2) is 17.3 Å². The molecule has 0 radical (unpaired) electrons. The molecule has 35 heavy (non-hydrogen) atoms. The van der Waals surface area contributed by atoms with Crippen LogP contribution in [0, 0.1) is 18.8 Å². The Labute approximate surface area is 203 Å². The lowest BCUT2D eigenvalue weighted by Gasteiger charge is -2.21. The van der Waals surface area contributed by atoms with Crippen LogP contribution in [0.25, 0.3) is 0 Å². The highest BCUT2D eigenvalue weighted by Crippen LogP contribution is 2.48. The molecule has 0 aliphatic heterocycles. The fourth-order valence-corrected chi connectivity index (χ4v) is 3.84. The monoisotopic (exact) mass is 488 g/mol. The van der Waals surface area contributed by atoms with Crippen molar-refractivity contribution in [3.8, 4) is 34.5 Å². The maximum Gasteiger partial charge on any atom is 0.172 e. The molecule has 9 heteroatoms. The molecule has 0 bridgehead atoms. The van der Waals surface area contributed by atoms with Crippen molar-refractivity contribution in [2.45, 2.75) is 60.8 Å². The minimum atomic E-state index is -0.865. The van der Waals surface area contributed by atoms with Gasteiger partial charge in [-0.25, -0.2) is 0 Å². The van der Waals surface area contributed by atoms with Crippen molar-refractivity contribution in [3.05, 3.63) is 33.4 Å². The van der Waals surface area contributed by atoms with Crippen LogP contribution in [0.15, 0.2) is 0 Å². The van der Waals surface area contributed by atoms with Crippen LogP contribution in [0.2, 0.25) is 0 Å². The Hall–Kier alpha value is -3.75. The van der Waals surface area contributed by atoms with Gasteiger partial charge in [-0.1, -0.05) is 34.6 Å². The summed E-state index contributed by atoms with van der Waals surface area (Å²) in [7, 11) is 0. The fourth-order valence-electron chi connectivity index (χ4n) is 3.84. The number of carbonyl (C=O) groups is 3. The van der Waals surface area contributed by atoms with E-state index in [1.165, 1.54) is 34.6 Å². The van der Waals surface area contributed by atoms with Crippen LogP contribution in [-0.2, 0) is 6.42 Å². The van der Waals surface area contributed by atoms with Gasteiger partial charge in [0, 0.05) is 41.4 Å². The van der Waals surface area contributed by atoms with Gasteiger partial charge in [0.25, 0.3) is 0 Å². The van der Waals surface area contributed by atoms with Gasteiger partial charge in [-0.2, -0.15) is 0 Å². The lowest BCUT2D eigenvalue weighted by molar-refractivity contribution is 0.0926. The molecule has 0 saturated heterocycles. The Morgan fingerprint density at radius 2 is 1.03 bits per heavy atom. The van der Waals surface area contributed by atoms with Crippen LogP contribution in [-0.4, -0.2) is 48.0 Å². The molecule has 0 spiro atoms. The highest BCUT2D eigenvalue weighted by atomic mass is 16.3. The van der Waals surface area contributed by atoms with Crippen LogP contribution in [0.4, 0.5) is 0 Å². The molecule has 0 fully saturated rings. The van der Waals surface area contributed by atoms with E-state index in [9.17, 15) is 45.0 Å². The third-order valence-corrected chi connectivity index (χ3v) is 5.93. The predicted molar refractivity (Wildman–Crippen MR) is 128 cm³/mol. The molecular formula is C26H32O9. The van der Waals surface area contributed by atoms with Gasteiger partial charge in [-0.05, 0) is 13.3 Å². The van der Waals surface area contributed by atoms with Crippen molar-refractivity contribution in [1.29, 1.82) is 0 Å². The number of rotatable bonds is 9. The number of phenolic OH excluding ortho intramolecular Hbond substituents is 6. The first kappa shape index (κ1) is 27.5. The summed E-state index contributed by atoms with van der Waals surface area (Å²) in [5.74, 6) is -7.86. The van der Waals surface area contributed by atoms with Crippen molar-refractivity contribution in [2.75, 3.05) is 0 Å². The molecule has 0 aromatic heterocycles. The molecule has 0 aliphatic carbocycles. The number of benzene rings is 2. The number of hydrogen-bond acceptors (Lipinski definition) is 9. The molecule has 0 unspecified atom stereocenters. The average Bonchev–Trinajstić information content (AvgIpc) is 2.77. The van der Waals surface area contributed by atoms with Gasteiger partial charge < -0.3 is 30.6 Å². The smallest absolute Gasteiger partial charge is 0.172 e. The van der Waals surface area contributed by atoms with E-state index in [0.717, 1.165) is 0 Å². The lowest BCUT2D eigenvalue weighted by Crippen LogP contribution is -2.15. The summed E-state index contributed by atoms with van der Waals surface area (Å²) < 4.78 is 0. The molecule has 2 aromatic carbocycles. The maximum atomic E-state index is 12.8. The van der Waals surface area contributed by atoms with E-state index in [1.807, 2.05) is 0 Å². The summed E-state index contributed by atoms with van der Waals surface area (Å²) in [4.78, 5) is 38.2. The van der Waals surface area contributed by atoms with E-state index in [1.54, 1.807) is 6.92 Å². The third kappa shape index (κ3) is 4.76. The molecule has 0 amide bonds. The van der Waals surface area contributed by atoms with Crippen LogP contribution in [0.5, 0.6) is 34.5 Å². The van der Waals surface area contributed by atoms with E-state index >= 15 is 0 Å². The first-order valence-electron chi connectivity index (χ1n) is 11.4. The SMILES string of the molecule is CCCC(=O)c1c(O)c(C)c(O)c(Cc2c(O)c(C(=O)C(C)C)c(O)c(C(=O)C(C)C)c2O)c1O. The second-order valence-corrected chi connectivity index (χ2v) is 9.19. The van der Waals surface area contributed by atoms with Crippen molar-refractivity contribution < 1.29 is 45.0 Å². The van der Waals surface area contributed by atoms with Gasteiger partial charge in [-0.3, -0.25) is 14.4 Å². The van der Waals surface area contributed by atoms with Crippen LogP contribution >= 0.6 is 0 Å². The van der Waals surface area contributed by atoms with E-state index in [0.29, 0.717) is 6.42 Å². The van der Waals surface area contributed by atoms with Crippen molar-refractivity contribution in [2.24, 2.45) is 11.8 Å². The quantitative estimate of drug-likeness (QED) is 0.278. The second-order valence-electron chi connectivity index (χ2n) is 9.19. The summed E-state index contributed by atoms with van der Waals surface area (Å²) in [5, 5.41) is 64.4. The number of phenols is 6. The summed E-state index contributed by atoms with van der Waals surface area (Å²) in [6, 6.07) is 0. The van der Waals surface area contributed by atoms with Gasteiger partial charge in [0.2, 0.25) is 0 Å². The van der Waals surface area contributed by atoms with E-state index in [2.05, 4.69) is 0 Å². The Morgan fingerprint density at radius 1 is 0.629 bits per heavy atom. The average molecular weight is 489 g/mol. The van der Waals surface area contributed by atoms with Gasteiger partial charge >= 0.3 is 0 Å². The van der Waals surface area contributed by atoms with Crippen molar-refractivity contribution >= 4 is 17.3 Å². The molecule has 0 saturated carbocycles. The summed E-state index contributed by atoms with van der Waals surface area (Å²) in [6.07, 6.45) is -0.200. The lowest BCUT2D eigenvalue weighted by atomic mass is 9.86. The van der Waals surface area contributed by atoms with E-state index < -0.39 is 92.4 Å². The number of carbonyl (C=O) groups excluding carboxylic acids is 3. The molecule has 190 valence electrons. The summed E-state index contributed by atoms with van der Waals surface area (Å²) >= 11 is 0. The molecule has 2 aromatic rings. The molecule has 0 atom stereocenters. The highest BCUT2D eigenvalue weighted by Gasteiger charge is 2.34. The molecule has 2 rings (SSSR count). The maximum absolute atomic E-state index is 12.8. The zero-order valence-corrected chi connectivity index (χ0v) is 20.7. The van der Waals surface area contributed by atoms with Crippen molar-refractivity contribution in [1.82, 2.24) is 0 Å². The zero-order chi connectivity index (χ0) is 26.9. The Bertz CT molecular complexity index is 1160. The Morgan fingerprint density at radius 3 is 1.43 bits per heavy atom. The van der Waals surface area contributed by atoms with Gasteiger partial charge in [-0.15, -0.1) is 0 Å².